The van der Waals surface area contributed by atoms with Gasteiger partial charge in [-0.1, -0.05) is 13.8 Å². The van der Waals surface area contributed by atoms with Crippen LogP contribution in [0.2, 0.25) is 0 Å². The minimum absolute atomic E-state index is 0.105. The van der Waals surface area contributed by atoms with Crippen molar-refractivity contribution in [3.63, 3.8) is 0 Å². The van der Waals surface area contributed by atoms with Crippen molar-refractivity contribution in [1.82, 2.24) is 4.98 Å². The van der Waals surface area contributed by atoms with E-state index in [0.717, 1.165) is 0 Å². The Bertz CT molecular complexity index is 357. The molecule has 5 heteroatoms. The lowest BCUT2D eigenvalue weighted by molar-refractivity contribution is -0.150. The van der Waals surface area contributed by atoms with Gasteiger partial charge < -0.3 is 15.0 Å². The molecule has 0 spiro atoms. The zero-order valence-corrected chi connectivity index (χ0v) is 9.61. The number of H-pyrrole nitrogens is 1. The van der Waals surface area contributed by atoms with Gasteiger partial charge in [0, 0.05) is 12.4 Å². The standard InChI is InChI=1S/C11H16N2O3/c1-7(2)9(11(15)16-3)10(14)13-8-4-5-12-6-8/h4-7,9,12H,1-3H3,(H,13,14). The van der Waals surface area contributed by atoms with Crippen LogP contribution in [-0.2, 0) is 14.3 Å². The zero-order chi connectivity index (χ0) is 12.1. The molecule has 0 saturated carbocycles. The SMILES string of the molecule is COC(=O)C(C(=O)Nc1cc[nH]c1)C(C)C. The van der Waals surface area contributed by atoms with Crippen molar-refractivity contribution < 1.29 is 14.3 Å². The molecule has 0 saturated heterocycles. The minimum Gasteiger partial charge on any atom is -0.468 e. The maximum Gasteiger partial charge on any atom is 0.318 e. The van der Waals surface area contributed by atoms with Crippen LogP contribution in [0.5, 0.6) is 0 Å². The van der Waals surface area contributed by atoms with Gasteiger partial charge >= 0.3 is 5.97 Å². The molecule has 1 atom stereocenters. The van der Waals surface area contributed by atoms with Crippen LogP contribution in [0.25, 0.3) is 0 Å². The molecule has 1 rings (SSSR count). The number of nitrogens with one attached hydrogen (secondary N) is 2. The number of carbonyl (C=O) groups excluding carboxylic acids is 2. The Balaban J connectivity index is 2.72. The summed E-state index contributed by atoms with van der Waals surface area (Å²) in [5, 5.41) is 2.65. The van der Waals surface area contributed by atoms with E-state index in [1.807, 2.05) is 0 Å². The molecule has 0 fully saturated rings. The van der Waals surface area contributed by atoms with Gasteiger partial charge in [-0.15, -0.1) is 0 Å². The average Bonchev–Trinajstić information content (AvgIpc) is 2.69. The van der Waals surface area contributed by atoms with Gasteiger partial charge in [-0.2, -0.15) is 0 Å². The number of anilines is 1. The first kappa shape index (κ1) is 12.3. The second kappa shape index (κ2) is 5.34. The lowest BCUT2D eigenvalue weighted by atomic mass is 9.95. The third kappa shape index (κ3) is 2.85. The van der Waals surface area contributed by atoms with Crippen LogP contribution in [0.4, 0.5) is 5.69 Å². The molecular formula is C11H16N2O3. The number of hydrogen-bond acceptors (Lipinski definition) is 3. The summed E-state index contributed by atoms with van der Waals surface area (Å²) in [4.78, 5) is 26.1. The highest BCUT2D eigenvalue weighted by Crippen LogP contribution is 2.15. The Morgan fingerprint density at radius 2 is 2.12 bits per heavy atom. The second-order valence-electron chi connectivity index (χ2n) is 3.83. The molecule has 0 bridgehead atoms. The van der Waals surface area contributed by atoms with Crippen molar-refractivity contribution >= 4 is 17.6 Å². The first-order valence-electron chi connectivity index (χ1n) is 5.07. The number of aromatic amines is 1. The molecule has 1 heterocycles. The van der Waals surface area contributed by atoms with E-state index in [2.05, 4.69) is 15.0 Å². The van der Waals surface area contributed by atoms with Gasteiger partial charge in [0.1, 0.15) is 5.92 Å². The molecular weight excluding hydrogens is 208 g/mol. The summed E-state index contributed by atoms with van der Waals surface area (Å²) in [5.41, 5.74) is 0.638. The summed E-state index contributed by atoms with van der Waals surface area (Å²) in [6.45, 7) is 3.61. The number of hydrogen-bond donors (Lipinski definition) is 2. The fourth-order valence-electron chi connectivity index (χ4n) is 1.43. The van der Waals surface area contributed by atoms with Crippen LogP contribution in [0.15, 0.2) is 18.5 Å². The lowest BCUT2D eigenvalue weighted by Gasteiger charge is -2.17. The Kier molecular flexibility index (Phi) is 4.10. The Morgan fingerprint density at radius 3 is 2.56 bits per heavy atom. The molecule has 0 aliphatic rings. The molecule has 0 radical (unpaired) electrons. The van der Waals surface area contributed by atoms with E-state index in [0.29, 0.717) is 5.69 Å². The molecule has 1 amide bonds. The zero-order valence-electron chi connectivity index (χ0n) is 9.61. The molecule has 0 aliphatic carbocycles. The van der Waals surface area contributed by atoms with E-state index < -0.39 is 11.9 Å². The molecule has 1 aromatic rings. The number of esters is 1. The van der Waals surface area contributed by atoms with Gasteiger partial charge in [-0.05, 0) is 12.0 Å². The highest BCUT2D eigenvalue weighted by molar-refractivity contribution is 6.04. The summed E-state index contributed by atoms with van der Waals surface area (Å²) in [6.07, 6.45) is 3.34. The topological polar surface area (TPSA) is 71.2 Å². The first-order chi connectivity index (χ1) is 7.56. The van der Waals surface area contributed by atoms with Gasteiger partial charge in [0.15, 0.2) is 0 Å². The molecule has 1 unspecified atom stereocenters. The van der Waals surface area contributed by atoms with Gasteiger partial charge in [0.05, 0.1) is 12.8 Å². The predicted octanol–water partition coefficient (Wildman–Crippen LogP) is 1.40. The Labute approximate surface area is 94.2 Å². The number of ether oxygens (including phenoxy) is 1. The van der Waals surface area contributed by atoms with Crippen molar-refractivity contribution in [2.45, 2.75) is 13.8 Å². The minimum atomic E-state index is -0.778. The second-order valence-corrected chi connectivity index (χ2v) is 3.83. The lowest BCUT2D eigenvalue weighted by Crippen LogP contribution is -2.34. The number of methoxy groups -OCH3 is 1. The monoisotopic (exact) mass is 224 g/mol. The van der Waals surface area contributed by atoms with E-state index in [4.69, 9.17) is 0 Å². The van der Waals surface area contributed by atoms with E-state index in [9.17, 15) is 9.59 Å². The van der Waals surface area contributed by atoms with E-state index >= 15 is 0 Å². The first-order valence-corrected chi connectivity index (χ1v) is 5.07. The molecule has 0 aromatic carbocycles. The van der Waals surface area contributed by atoms with Crippen molar-refractivity contribution in [3.05, 3.63) is 18.5 Å². The van der Waals surface area contributed by atoms with Crippen LogP contribution >= 0.6 is 0 Å². The molecule has 1 aromatic heterocycles. The third-order valence-electron chi connectivity index (χ3n) is 2.27. The van der Waals surface area contributed by atoms with Crippen LogP contribution in [0.1, 0.15) is 13.8 Å². The van der Waals surface area contributed by atoms with Crippen LogP contribution in [0, 0.1) is 11.8 Å². The molecule has 0 aliphatic heterocycles. The number of carbonyl (C=O) groups is 2. The van der Waals surface area contributed by atoms with E-state index in [1.54, 1.807) is 32.3 Å². The van der Waals surface area contributed by atoms with Gasteiger partial charge in [0.2, 0.25) is 5.91 Å². The average molecular weight is 224 g/mol. The van der Waals surface area contributed by atoms with Crippen LogP contribution < -0.4 is 5.32 Å². The molecule has 2 N–H and O–H groups in total. The highest BCUT2D eigenvalue weighted by Gasteiger charge is 2.30. The maximum atomic E-state index is 11.8. The summed E-state index contributed by atoms with van der Waals surface area (Å²) in [6, 6.07) is 1.71. The van der Waals surface area contributed by atoms with E-state index in [1.165, 1.54) is 7.11 Å². The highest BCUT2D eigenvalue weighted by atomic mass is 16.5. The van der Waals surface area contributed by atoms with Crippen molar-refractivity contribution in [1.29, 1.82) is 0 Å². The summed E-state index contributed by atoms with van der Waals surface area (Å²) in [5.74, 6) is -1.74. The predicted molar refractivity (Wildman–Crippen MR) is 59.8 cm³/mol. The van der Waals surface area contributed by atoms with Crippen molar-refractivity contribution in [2.24, 2.45) is 11.8 Å². The number of amides is 1. The normalized spacial score (nSPS) is 12.2. The molecule has 88 valence electrons. The number of aromatic nitrogens is 1. The maximum absolute atomic E-state index is 11.8. The smallest absolute Gasteiger partial charge is 0.318 e. The fraction of sp³-hybridized carbons (Fsp3) is 0.455. The van der Waals surface area contributed by atoms with Crippen molar-refractivity contribution in [2.75, 3.05) is 12.4 Å². The quantitative estimate of drug-likeness (QED) is 0.599. The Hall–Kier alpha value is -1.78. The third-order valence-corrected chi connectivity index (χ3v) is 2.27. The summed E-state index contributed by atoms with van der Waals surface area (Å²) in [7, 11) is 1.28. The van der Waals surface area contributed by atoms with Gasteiger partial charge in [-0.25, -0.2) is 0 Å². The van der Waals surface area contributed by atoms with Gasteiger partial charge in [-0.3, -0.25) is 9.59 Å². The summed E-state index contributed by atoms with van der Waals surface area (Å²) >= 11 is 0. The van der Waals surface area contributed by atoms with Crippen LogP contribution in [0.3, 0.4) is 0 Å². The fourth-order valence-corrected chi connectivity index (χ4v) is 1.43. The van der Waals surface area contributed by atoms with E-state index in [-0.39, 0.29) is 11.8 Å². The molecule has 16 heavy (non-hydrogen) atoms. The van der Waals surface area contributed by atoms with Crippen molar-refractivity contribution in [3.8, 4) is 0 Å². The Morgan fingerprint density at radius 1 is 1.44 bits per heavy atom. The summed E-state index contributed by atoms with van der Waals surface area (Å²) < 4.78 is 4.61. The number of rotatable bonds is 4. The largest absolute Gasteiger partial charge is 0.468 e. The molecule has 5 nitrogen and oxygen atoms in total. The van der Waals surface area contributed by atoms with Crippen LogP contribution in [-0.4, -0.2) is 24.0 Å². The van der Waals surface area contributed by atoms with Gasteiger partial charge in [0.25, 0.3) is 0 Å².